The highest BCUT2D eigenvalue weighted by Crippen LogP contribution is 2.32. The number of rotatable bonds is 3. The van der Waals surface area contributed by atoms with Gasteiger partial charge in [0.2, 0.25) is 0 Å². The largest absolute Gasteiger partial charge is 0.496 e. The number of methoxy groups -OCH3 is 1. The molecule has 0 radical (unpaired) electrons. The third-order valence-corrected chi connectivity index (χ3v) is 2.45. The SMILES string of the molecule is COc1cc(C)c(C(=O)O)c(Cl)c1C(=O)O. The van der Waals surface area contributed by atoms with Crippen LogP contribution in [0.3, 0.4) is 0 Å². The molecule has 0 aliphatic heterocycles. The molecule has 16 heavy (non-hydrogen) atoms. The zero-order valence-electron chi connectivity index (χ0n) is 8.57. The number of carboxylic acids is 2. The van der Waals surface area contributed by atoms with Crippen LogP contribution in [-0.4, -0.2) is 29.3 Å². The molecular formula is C10H9ClO5. The van der Waals surface area contributed by atoms with Crippen LogP contribution < -0.4 is 4.74 Å². The van der Waals surface area contributed by atoms with Gasteiger partial charge < -0.3 is 14.9 Å². The third kappa shape index (κ3) is 1.94. The number of hydrogen-bond donors (Lipinski definition) is 2. The predicted molar refractivity (Wildman–Crippen MR) is 56.7 cm³/mol. The van der Waals surface area contributed by atoms with Crippen LogP contribution in [0.4, 0.5) is 0 Å². The van der Waals surface area contributed by atoms with E-state index in [0.29, 0.717) is 5.56 Å². The van der Waals surface area contributed by atoms with E-state index in [-0.39, 0.29) is 21.9 Å². The van der Waals surface area contributed by atoms with E-state index in [1.54, 1.807) is 0 Å². The molecule has 6 heteroatoms. The molecule has 0 aromatic heterocycles. The Bertz CT molecular complexity index is 467. The second kappa shape index (κ2) is 4.40. The third-order valence-electron chi connectivity index (χ3n) is 2.07. The van der Waals surface area contributed by atoms with Crippen LogP contribution in [0.2, 0.25) is 5.02 Å². The number of carboxylic acid groups (broad SMARTS) is 2. The van der Waals surface area contributed by atoms with Crippen molar-refractivity contribution >= 4 is 23.5 Å². The summed E-state index contributed by atoms with van der Waals surface area (Å²) in [4.78, 5) is 21.8. The molecule has 0 saturated heterocycles. The van der Waals surface area contributed by atoms with E-state index in [2.05, 4.69) is 0 Å². The fourth-order valence-corrected chi connectivity index (χ4v) is 1.77. The van der Waals surface area contributed by atoms with Crippen molar-refractivity contribution in [1.82, 2.24) is 0 Å². The van der Waals surface area contributed by atoms with Gasteiger partial charge in [-0.3, -0.25) is 0 Å². The van der Waals surface area contributed by atoms with Gasteiger partial charge in [-0.25, -0.2) is 9.59 Å². The van der Waals surface area contributed by atoms with E-state index in [1.807, 2.05) is 0 Å². The van der Waals surface area contributed by atoms with Gasteiger partial charge in [-0.2, -0.15) is 0 Å². The van der Waals surface area contributed by atoms with Gasteiger partial charge in [0.1, 0.15) is 11.3 Å². The zero-order chi connectivity index (χ0) is 12.5. The summed E-state index contributed by atoms with van der Waals surface area (Å²) in [6, 6.07) is 1.33. The van der Waals surface area contributed by atoms with E-state index in [4.69, 9.17) is 26.6 Å². The molecule has 0 aliphatic carbocycles. The molecule has 0 saturated carbocycles. The van der Waals surface area contributed by atoms with E-state index in [0.717, 1.165) is 0 Å². The van der Waals surface area contributed by atoms with Gasteiger partial charge in [-0.15, -0.1) is 0 Å². The summed E-state index contributed by atoms with van der Waals surface area (Å²) in [7, 11) is 1.29. The summed E-state index contributed by atoms with van der Waals surface area (Å²) in [5.41, 5.74) is -0.216. The molecule has 1 rings (SSSR count). The Balaban J connectivity index is 3.65. The molecule has 86 valence electrons. The monoisotopic (exact) mass is 244 g/mol. The first-order valence-electron chi connectivity index (χ1n) is 4.23. The van der Waals surface area contributed by atoms with Crippen molar-refractivity contribution in [1.29, 1.82) is 0 Å². The molecule has 0 aliphatic rings. The lowest BCUT2D eigenvalue weighted by Crippen LogP contribution is -2.09. The van der Waals surface area contributed by atoms with Crippen molar-refractivity contribution < 1.29 is 24.5 Å². The standard InChI is InChI=1S/C10H9ClO5/c1-4-3-5(16-2)7(10(14)15)8(11)6(4)9(12)13/h3H,1-2H3,(H,12,13)(H,14,15). The van der Waals surface area contributed by atoms with Crippen LogP contribution in [0.15, 0.2) is 6.07 Å². The highest BCUT2D eigenvalue weighted by atomic mass is 35.5. The number of aryl methyl sites for hydroxylation is 1. The lowest BCUT2D eigenvalue weighted by Gasteiger charge is -2.11. The summed E-state index contributed by atoms with van der Waals surface area (Å²) >= 11 is 5.75. The molecule has 1 aromatic rings. The van der Waals surface area contributed by atoms with Gasteiger partial charge in [-0.05, 0) is 18.6 Å². The highest BCUT2D eigenvalue weighted by Gasteiger charge is 2.24. The van der Waals surface area contributed by atoms with Crippen molar-refractivity contribution in [2.75, 3.05) is 7.11 Å². The zero-order valence-corrected chi connectivity index (χ0v) is 9.33. The molecule has 0 heterocycles. The van der Waals surface area contributed by atoms with Crippen LogP contribution in [0, 0.1) is 6.92 Å². The van der Waals surface area contributed by atoms with Gasteiger partial charge in [0, 0.05) is 0 Å². The van der Waals surface area contributed by atoms with E-state index >= 15 is 0 Å². The van der Waals surface area contributed by atoms with Crippen LogP contribution in [0.1, 0.15) is 26.3 Å². The molecule has 0 atom stereocenters. The molecule has 2 N–H and O–H groups in total. The Hall–Kier alpha value is -1.75. The summed E-state index contributed by atoms with van der Waals surface area (Å²) in [5.74, 6) is -2.56. The van der Waals surface area contributed by atoms with Crippen LogP contribution in [0.5, 0.6) is 5.75 Å². The average molecular weight is 245 g/mol. The lowest BCUT2D eigenvalue weighted by molar-refractivity contribution is 0.0693. The van der Waals surface area contributed by atoms with Gasteiger partial charge in [0.15, 0.2) is 0 Å². The maximum absolute atomic E-state index is 10.9. The normalized spacial score (nSPS) is 9.94. The number of ether oxygens (including phenoxy) is 1. The van der Waals surface area contributed by atoms with Crippen LogP contribution in [-0.2, 0) is 0 Å². The van der Waals surface area contributed by atoms with Gasteiger partial charge in [-0.1, -0.05) is 11.6 Å². The van der Waals surface area contributed by atoms with Gasteiger partial charge in [0.25, 0.3) is 0 Å². The van der Waals surface area contributed by atoms with E-state index in [1.165, 1.54) is 20.1 Å². The molecule has 0 amide bonds. The summed E-state index contributed by atoms with van der Waals surface area (Å²) in [6.07, 6.45) is 0. The maximum atomic E-state index is 10.9. The average Bonchev–Trinajstić information content (AvgIpc) is 2.14. The summed E-state index contributed by atoms with van der Waals surface area (Å²) < 4.78 is 4.84. The first-order chi connectivity index (χ1) is 7.40. The maximum Gasteiger partial charge on any atom is 0.341 e. The first kappa shape index (κ1) is 12.3. The second-order valence-corrected chi connectivity index (χ2v) is 3.45. The molecule has 0 spiro atoms. The minimum atomic E-state index is -1.33. The van der Waals surface area contributed by atoms with E-state index in [9.17, 15) is 9.59 Å². The Morgan fingerprint density at radius 3 is 2.12 bits per heavy atom. The van der Waals surface area contributed by atoms with Gasteiger partial charge in [0.05, 0.1) is 17.7 Å². The number of benzene rings is 1. The highest BCUT2D eigenvalue weighted by molar-refractivity contribution is 6.37. The Kier molecular flexibility index (Phi) is 3.39. The lowest BCUT2D eigenvalue weighted by atomic mass is 10.0. The van der Waals surface area contributed by atoms with Crippen molar-refractivity contribution in [3.05, 3.63) is 27.8 Å². The Labute approximate surface area is 96.2 Å². The number of aromatic carboxylic acids is 2. The number of hydrogen-bond acceptors (Lipinski definition) is 3. The predicted octanol–water partition coefficient (Wildman–Crippen LogP) is 2.05. The van der Waals surface area contributed by atoms with E-state index < -0.39 is 11.9 Å². The summed E-state index contributed by atoms with van der Waals surface area (Å²) in [5, 5.41) is 17.5. The van der Waals surface area contributed by atoms with Crippen molar-refractivity contribution in [2.45, 2.75) is 6.92 Å². The quantitative estimate of drug-likeness (QED) is 0.850. The summed E-state index contributed by atoms with van der Waals surface area (Å²) in [6.45, 7) is 1.52. The van der Waals surface area contributed by atoms with Crippen molar-refractivity contribution in [3.8, 4) is 5.75 Å². The second-order valence-electron chi connectivity index (χ2n) is 3.07. The van der Waals surface area contributed by atoms with Gasteiger partial charge >= 0.3 is 11.9 Å². The smallest absolute Gasteiger partial charge is 0.341 e. The number of halogens is 1. The minimum Gasteiger partial charge on any atom is -0.496 e. The minimum absolute atomic E-state index is 0.0417. The van der Waals surface area contributed by atoms with Crippen LogP contribution in [0.25, 0.3) is 0 Å². The first-order valence-corrected chi connectivity index (χ1v) is 4.61. The topological polar surface area (TPSA) is 83.8 Å². The molecule has 5 nitrogen and oxygen atoms in total. The van der Waals surface area contributed by atoms with Crippen molar-refractivity contribution in [3.63, 3.8) is 0 Å². The van der Waals surface area contributed by atoms with Crippen LogP contribution >= 0.6 is 11.6 Å². The van der Waals surface area contributed by atoms with Crippen molar-refractivity contribution in [2.24, 2.45) is 0 Å². The molecule has 0 unspecified atom stereocenters. The fourth-order valence-electron chi connectivity index (χ4n) is 1.37. The molecule has 0 fully saturated rings. The molecule has 0 bridgehead atoms. The number of carbonyl (C=O) groups is 2. The fraction of sp³-hybridized carbons (Fsp3) is 0.200. The molecule has 1 aromatic carbocycles. The Morgan fingerprint density at radius 2 is 1.75 bits per heavy atom. The Morgan fingerprint density at radius 1 is 1.25 bits per heavy atom. The molecular weight excluding hydrogens is 236 g/mol.